The van der Waals surface area contributed by atoms with Crippen molar-refractivity contribution in [3.05, 3.63) is 27.6 Å². The highest BCUT2D eigenvalue weighted by molar-refractivity contribution is 6.29. The molecule has 1 heterocycles. The van der Waals surface area contributed by atoms with E-state index in [4.69, 9.17) is 11.6 Å². The van der Waals surface area contributed by atoms with E-state index in [0.717, 1.165) is 12.1 Å². The lowest BCUT2D eigenvalue weighted by Gasteiger charge is -2.00. The fourth-order valence-electron chi connectivity index (χ4n) is 0.542. The molecule has 0 aliphatic carbocycles. The Bertz CT molecular complexity index is 312. The Kier molecular flexibility index (Phi) is 2.19. The summed E-state index contributed by atoms with van der Waals surface area (Å²) in [7, 11) is 0. The van der Waals surface area contributed by atoms with Crippen molar-refractivity contribution in [3.63, 3.8) is 0 Å². The van der Waals surface area contributed by atoms with Crippen LogP contribution in [0.15, 0.2) is 16.9 Å². The van der Waals surface area contributed by atoms with Crippen LogP contribution in [0.25, 0.3) is 0 Å². The Morgan fingerprint density at radius 2 is 2.18 bits per heavy atom. The lowest BCUT2D eigenvalue weighted by Crippen LogP contribution is -2.22. The summed E-state index contributed by atoms with van der Waals surface area (Å²) in [4.78, 5) is 10.6. The highest BCUT2D eigenvalue weighted by Gasteiger charge is 2.08. The molecule has 0 aliphatic rings. The molecular formula is C5H3ClF2N2O. The Labute approximate surface area is 65.2 Å². The molecule has 0 bridgehead atoms. The number of aromatic nitrogens is 2. The van der Waals surface area contributed by atoms with E-state index in [0.29, 0.717) is 0 Å². The Hall–Kier alpha value is -0.970. The number of alkyl halides is 2. The number of hydrogen-bond acceptors (Lipinski definition) is 2. The molecule has 0 spiro atoms. The predicted octanol–water partition coefficient (Wildman–Crippen LogP) is 1.29. The molecule has 0 atom stereocenters. The summed E-state index contributed by atoms with van der Waals surface area (Å²) in [5, 5.41) is 2.96. The van der Waals surface area contributed by atoms with E-state index in [9.17, 15) is 13.6 Å². The average Bonchev–Trinajstić information content (AvgIpc) is 1.94. The first-order chi connectivity index (χ1) is 5.11. The van der Waals surface area contributed by atoms with Gasteiger partial charge in [0.1, 0.15) is 5.15 Å². The molecule has 1 rings (SSSR count). The van der Waals surface area contributed by atoms with Crippen LogP contribution in [-0.2, 0) is 0 Å². The largest absolute Gasteiger partial charge is 0.336 e. The molecule has 0 aromatic carbocycles. The molecule has 0 saturated heterocycles. The molecule has 0 amide bonds. The second kappa shape index (κ2) is 2.96. The van der Waals surface area contributed by atoms with Crippen molar-refractivity contribution in [2.75, 3.05) is 0 Å². The van der Waals surface area contributed by atoms with E-state index in [-0.39, 0.29) is 9.83 Å². The normalized spacial score (nSPS) is 10.5. The molecule has 3 nitrogen and oxygen atoms in total. The van der Waals surface area contributed by atoms with Crippen molar-refractivity contribution in [1.29, 1.82) is 0 Å². The molecule has 0 aliphatic heterocycles. The van der Waals surface area contributed by atoms with E-state index in [1.54, 1.807) is 0 Å². The van der Waals surface area contributed by atoms with Crippen LogP contribution < -0.4 is 5.56 Å². The molecule has 60 valence electrons. The van der Waals surface area contributed by atoms with Crippen LogP contribution in [0.1, 0.15) is 6.55 Å². The van der Waals surface area contributed by atoms with E-state index in [2.05, 4.69) is 5.10 Å². The van der Waals surface area contributed by atoms with Crippen LogP contribution in [-0.4, -0.2) is 9.78 Å². The van der Waals surface area contributed by atoms with Gasteiger partial charge in [0.05, 0.1) is 0 Å². The van der Waals surface area contributed by atoms with Gasteiger partial charge in [-0.3, -0.25) is 4.79 Å². The first-order valence-corrected chi connectivity index (χ1v) is 3.02. The van der Waals surface area contributed by atoms with Crippen molar-refractivity contribution in [2.45, 2.75) is 6.55 Å². The second-order valence-electron chi connectivity index (χ2n) is 1.72. The predicted molar refractivity (Wildman–Crippen MR) is 34.8 cm³/mol. The van der Waals surface area contributed by atoms with Crippen molar-refractivity contribution in [1.82, 2.24) is 9.78 Å². The van der Waals surface area contributed by atoms with Gasteiger partial charge in [-0.1, -0.05) is 11.6 Å². The van der Waals surface area contributed by atoms with E-state index >= 15 is 0 Å². The summed E-state index contributed by atoms with van der Waals surface area (Å²) < 4.78 is 23.7. The SMILES string of the molecule is O=c1ccc(Cl)nn1C(F)F. The van der Waals surface area contributed by atoms with Crippen LogP contribution in [0.5, 0.6) is 0 Å². The zero-order valence-electron chi connectivity index (χ0n) is 5.17. The van der Waals surface area contributed by atoms with E-state index in [1.165, 1.54) is 0 Å². The van der Waals surface area contributed by atoms with E-state index in [1.807, 2.05) is 0 Å². The van der Waals surface area contributed by atoms with Crippen LogP contribution in [0.2, 0.25) is 5.15 Å². The zero-order chi connectivity index (χ0) is 8.43. The molecule has 1 aromatic heterocycles. The smallest absolute Gasteiger partial charge is 0.268 e. The third kappa shape index (κ3) is 1.74. The summed E-state index contributed by atoms with van der Waals surface area (Å²) in [5.74, 6) is 0. The Morgan fingerprint density at radius 3 is 2.64 bits per heavy atom. The molecule has 11 heavy (non-hydrogen) atoms. The highest BCUT2D eigenvalue weighted by atomic mass is 35.5. The van der Waals surface area contributed by atoms with Crippen LogP contribution in [0.4, 0.5) is 8.78 Å². The fraction of sp³-hybridized carbons (Fsp3) is 0.200. The quantitative estimate of drug-likeness (QED) is 0.653. The van der Waals surface area contributed by atoms with Gasteiger partial charge in [-0.05, 0) is 6.07 Å². The highest BCUT2D eigenvalue weighted by Crippen LogP contribution is 2.06. The number of halogens is 3. The summed E-state index contributed by atoms with van der Waals surface area (Å²) in [6.07, 6.45) is 0. The van der Waals surface area contributed by atoms with Gasteiger partial charge in [-0.25, -0.2) is 0 Å². The molecular weight excluding hydrogens is 178 g/mol. The summed E-state index contributed by atoms with van der Waals surface area (Å²) in [6, 6.07) is 2.09. The molecule has 6 heteroatoms. The first kappa shape index (κ1) is 8.13. The summed E-state index contributed by atoms with van der Waals surface area (Å²) in [5.41, 5.74) is -0.871. The molecule has 0 N–H and O–H groups in total. The van der Waals surface area contributed by atoms with Crippen LogP contribution in [0, 0.1) is 0 Å². The maximum Gasteiger partial charge on any atom is 0.336 e. The van der Waals surface area contributed by atoms with Gasteiger partial charge in [0, 0.05) is 6.07 Å². The monoisotopic (exact) mass is 180 g/mol. The minimum absolute atomic E-state index is 0.0162. The van der Waals surface area contributed by atoms with Crippen molar-refractivity contribution < 1.29 is 8.78 Å². The van der Waals surface area contributed by atoms with Gasteiger partial charge in [-0.2, -0.15) is 18.6 Å². The van der Waals surface area contributed by atoms with Gasteiger partial charge >= 0.3 is 6.55 Å². The zero-order valence-corrected chi connectivity index (χ0v) is 5.92. The van der Waals surface area contributed by atoms with Gasteiger partial charge in [0.25, 0.3) is 5.56 Å². The molecule has 0 radical (unpaired) electrons. The van der Waals surface area contributed by atoms with Crippen molar-refractivity contribution >= 4 is 11.6 Å². The molecule has 0 unspecified atom stereocenters. The lowest BCUT2D eigenvalue weighted by atomic mass is 10.6. The van der Waals surface area contributed by atoms with Crippen molar-refractivity contribution in [3.8, 4) is 0 Å². The maximum absolute atomic E-state index is 11.8. The van der Waals surface area contributed by atoms with Gasteiger partial charge < -0.3 is 0 Å². The molecule has 1 aromatic rings. The first-order valence-electron chi connectivity index (χ1n) is 2.65. The summed E-state index contributed by atoms with van der Waals surface area (Å²) >= 11 is 5.26. The maximum atomic E-state index is 11.8. The average molecular weight is 181 g/mol. The third-order valence-corrected chi connectivity index (χ3v) is 1.18. The molecule has 0 saturated carbocycles. The number of nitrogens with zero attached hydrogens (tertiary/aromatic N) is 2. The number of hydrogen-bond donors (Lipinski definition) is 0. The standard InChI is InChI=1S/C5H3ClF2N2O/c6-3-1-2-4(11)10(9-3)5(7)8/h1-2,5H. The van der Waals surface area contributed by atoms with E-state index < -0.39 is 12.1 Å². The van der Waals surface area contributed by atoms with Gasteiger partial charge in [0.2, 0.25) is 0 Å². The number of rotatable bonds is 1. The molecule has 0 fully saturated rings. The van der Waals surface area contributed by atoms with Crippen LogP contribution >= 0.6 is 11.6 Å². The minimum Gasteiger partial charge on any atom is -0.268 e. The van der Waals surface area contributed by atoms with Gasteiger partial charge in [-0.15, -0.1) is 0 Å². The topological polar surface area (TPSA) is 34.9 Å². The summed E-state index contributed by atoms with van der Waals surface area (Å²) in [6.45, 7) is -2.94. The van der Waals surface area contributed by atoms with Crippen molar-refractivity contribution in [2.24, 2.45) is 0 Å². The van der Waals surface area contributed by atoms with Gasteiger partial charge in [0.15, 0.2) is 0 Å². The third-order valence-electron chi connectivity index (χ3n) is 0.977. The van der Waals surface area contributed by atoms with Crippen LogP contribution in [0.3, 0.4) is 0 Å². The fourth-order valence-corrected chi connectivity index (χ4v) is 0.686. The Balaban J connectivity index is 3.24. The lowest BCUT2D eigenvalue weighted by molar-refractivity contribution is 0.0511. The second-order valence-corrected chi connectivity index (χ2v) is 2.10. The Morgan fingerprint density at radius 1 is 1.55 bits per heavy atom. The minimum atomic E-state index is -2.94.